The summed E-state index contributed by atoms with van der Waals surface area (Å²) in [6, 6.07) is 4.65. The van der Waals surface area contributed by atoms with Gasteiger partial charge < -0.3 is 4.90 Å². The first-order valence-electron chi connectivity index (χ1n) is 5.91. The summed E-state index contributed by atoms with van der Waals surface area (Å²) < 4.78 is 13.9. The molecule has 0 radical (unpaired) electrons. The van der Waals surface area contributed by atoms with Crippen molar-refractivity contribution in [3.63, 3.8) is 0 Å². The number of halogens is 1. The van der Waals surface area contributed by atoms with Crippen molar-refractivity contribution >= 4 is 11.4 Å². The third-order valence-electron chi connectivity index (χ3n) is 3.04. The fourth-order valence-electron chi connectivity index (χ4n) is 2.18. The van der Waals surface area contributed by atoms with Crippen molar-refractivity contribution in [2.75, 3.05) is 18.0 Å². The first kappa shape index (κ1) is 11.7. The molecule has 1 heterocycles. The van der Waals surface area contributed by atoms with Crippen LogP contribution in [0.3, 0.4) is 0 Å². The van der Waals surface area contributed by atoms with Gasteiger partial charge in [0.15, 0.2) is 0 Å². The summed E-state index contributed by atoms with van der Waals surface area (Å²) in [6.45, 7) is 1.80. The van der Waals surface area contributed by atoms with Gasteiger partial charge in [-0.1, -0.05) is 24.0 Å². The Morgan fingerprint density at radius 3 is 2.47 bits per heavy atom. The lowest BCUT2D eigenvalue weighted by molar-refractivity contribution is 0.617. The average molecular weight is 234 g/mol. The molecule has 0 bridgehead atoms. The predicted octanol–water partition coefficient (Wildman–Crippen LogP) is 4.15. The molecule has 0 aliphatic carbocycles. The van der Waals surface area contributed by atoms with Gasteiger partial charge in [-0.15, -0.1) is 0 Å². The highest BCUT2D eigenvalue weighted by molar-refractivity contribution is 5.54. The van der Waals surface area contributed by atoms with Crippen LogP contribution in [0, 0.1) is 5.82 Å². The zero-order chi connectivity index (χ0) is 12.1. The van der Waals surface area contributed by atoms with Crippen LogP contribution in [0.2, 0.25) is 0 Å². The largest absolute Gasteiger partial charge is 0.369 e. The smallest absolute Gasteiger partial charge is 0.146 e. The second-order valence-electron chi connectivity index (χ2n) is 4.23. The maximum atomic E-state index is 13.9. The SMILES string of the molecule is [N-]=[N+]=Nc1ccc(N2CCCCCC2)c(F)c1. The lowest BCUT2D eigenvalue weighted by Crippen LogP contribution is -2.24. The van der Waals surface area contributed by atoms with Crippen LogP contribution in [-0.2, 0) is 0 Å². The first-order chi connectivity index (χ1) is 8.31. The van der Waals surface area contributed by atoms with Crippen LogP contribution in [0.1, 0.15) is 25.7 Å². The highest BCUT2D eigenvalue weighted by atomic mass is 19.1. The monoisotopic (exact) mass is 234 g/mol. The van der Waals surface area contributed by atoms with Gasteiger partial charge in [-0.05, 0) is 30.5 Å². The molecule has 1 saturated heterocycles. The van der Waals surface area contributed by atoms with Crippen molar-refractivity contribution in [2.24, 2.45) is 5.11 Å². The van der Waals surface area contributed by atoms with Gasteiger partial charge in [0.25, 0.3) is 0 Å². The molecule has 0 unspecified atom stereocenters. The van der Waals surface area contributed by atoms with Gasteiger partial charge in [0.05, 0.1) is 5.69 Å². The van der Waals surface area contributed by atoms with Crippen molar-refractivity contribution in [1.82, 2.24) is 0 Å². The highest BCUT2D eigenvalue weighted by Crippen LogP contribution is 2.26. The van der Waals surface area contributed by atoms with Crippen molar-refractivity contribution in [3.05, 3.63) is 34.5 Å². The van der Waals surface area contributed by atoms with Crippen LogP contribution in [0.4, 0.5) is 15.8 Å². The van der Waals surface area contributed by atoms with Crippen LogP contribution < -0.4 is 4.90 Å². The Kier molecular flexibility index (Phi) is 3.83. The molecule has 90 valence electrons. The average Bonchev–Trinajstić information content (AvgIpc) is 2.58. The van der Waals surface area contributed by atoms with Gasteiger partial charge in [0, 0.05) is 23.7 Å². The van der Waals surface area contributed by atoms with E-state index < -0.39 is 0 Å². The molecule has 0 atom stereocenters. The fraction of sp³-hybridized carbons (Fsp3) is 0.500. The Hall–Kier alpha value is -1.74. The molecule has 0 aromatic heterocycles. The Labute approximate surface area is 99.7 Å². The fourth-order valence-corrected chi connectivity index (χ4v) is 2.18. The zero-order valence-corrected chi connectivity index (χ0v) is 9.64. The van der Waals surface area contributed by atoms with Crippen LogP contribution in [0.15, 0.2) is 23.3 Å². The minimum Gasteiger partial charge on any atom is -0.369 e. The van der Waals surface area contributed by atoms with E-state index in [1.165, 1.54) is 18.9 Å². The standard InChI is InChI=1S/C12H15FN4/c13-11-9-10(15-16-14)5-6-12(11)17-7-3-1-2-4-8-17/h5-6,9H,1-4,7-8H2. The molecule has 1 aromatic carbocycles. The van der Waals surface area contributed by atoms with Gasteiger partial charge in [-0.3, -0.25) is 0 Å². The van der Waals surface area contributed by atoms with Crippen LogP contribution in [-0.4, -0.2) is 13.1 Å². The van der Waals surface area contributed by atoms with Crippen molar-refractivity contribution in [3.8, 4) is 0 Å². The van der Waals surface area contributed by atoms with Gasteiger partial charge in [0.2, 0.25) is 0 Å². The molecule has 1 aliphatic heterocycles. The molecular weight excluding hydrogens is 219 g/mol. The van der Waals surface area contributed by atoms with Crippen LogP contribution >= 0.6 is 0 Å². The van der Waals surface area contributed by atoms with Crippen molar-refractivity contribution in [2.45, 2.75) is 25.7 Å². The molecule has 0 spiro atoms. The normalized spacial score (nSPS) is 16.2. The Balaban J connectivity index is 2.22. The summed E-state index contributed by atoms with van der Waals surface area (Å²) in [5, 5.41) is 3.39. The third kappa shape index (κ3) is 2.88. The topological polar surface area (TPSA) is 52.0 Å². The molecule has 0 N–H and O–H groups in total. The molecule has 1 aromatic rings. The number of azide groups is 1. The summed E-state index contributed by atoms with van der Waals surface area (Å²) in [5.41, 5.74) is 9.23. The van der Waals surface area contributed by atoms with Crippen LogP contribution in [0.5, 0.6) is 0 Å². The van der Waals surface area contributed by atoms with Crippen molar-refractivity contribution < 1.29 is 4.39 Å². The Bertz CT molecular complexity index is 432. The number of nitrogens with zero attached hydrogens (tertiary/aromatic N) is 4. The van der Waals surface area contributed by atoms with Gasteiger partial charge in [-0.2, -0.15) is 0 Å². The number of benzene rings is 1. The highest BCUT2D eigenvalue weighted by Gasteiger charge is 2.13. The summed E-state index contributed by atoms with van der Waals surface area (Å²) in [5.74, 6) is -0.309. The predicted molar refractivity (Wildman–Crippen MR) is 65.9 cm³/mol. The molecule has 0 saturated carbocycles. The van der Waals surface area contributed by atoms with E-state index in [0.717, 1.165) is 25.9 Å². The molecule has 2 rings (SSSR count). The van der Waals surface area contributed by atoms with E-state index in [1.54, 1.807) is 12.1 Å². The summed E-state index contributed by atoms with van der Waals surface area (Å²) in [7, 11) is 0. The molecule has 1 fully saturated rings. The van der Waals surface area contributed by atoms with E-state index in [0.29, 0.717) is 11.4 Å². The molecule has 5 heteroatoms. The number of rotatable bonds is 2. The van der Waals surface area contributed by atoms with Gasteiger partial charge in [0.1, 0.15) is 5.82 Å². The summed E-state index contributed by atoms with van der Waals surface area (Å²) in [4.78, 5) is 4.72. The minimum atomic E-state index is -0.309. The Morgan fingerprint density at radius 1 is 1.18 bits per heavy atom. The maximum absolute atomic E-state index is 13.9. The van der Waals surface area contributed by atoms with Gasteiger partial charge >= 0.3 is 0 Å². The number of anilines is 1. The molecule has 0 amide bonds. The molecule has 4 nitrogen and oxygen atoms in total. The van der Waals surface area contributed by atoms with E-state index in [1.807, 2.05) is 0 Å². The van der Waals surface area contributed by atoms with E-state index in [2.05, 4.69) is 14.9 Å². The lowest BCUT2D eigenvalue weighted by Gasteiger charge is -2.23. The van der Waals surface area contributed by atoms with E-state index in [-0.39, 0.29) is 5.82 Å². The minimum absolute atomic E-state index is 0.309. The summed E-state index contributed by atoms with van der Waals surface area (Å²) >= 11 is 0. The first-order valence-corrected chi connectivity index (χ1v) is 5.91. The second-order valence-corrected chi connectivity index (χ2v) is 4.23. The number of hydrogen-bond acceptors (Lipinski definition) is 2. The summed E-state index contributed by atoms with van der Waals surface area (Å²) in [6.07, 6.45) is 4.65. The Morgan fingerprint density at radius 2 is 1.88 bits per heavy atom. The lowest BCUT2D eigenvalue weighted by atomic mass is 10.2. The van der Waals surface area contributed by atoms with E-state index in [9.17, 15) is 4.39 Å². The molecule has 1 aliphatic rings. The van der Waals surface area contributed by atoms with E-state index in [4.69, 9.17) is 5.53 Å². The molecular formula is C12H15FN4. The second kappa shape index (κ2) is 5.55. The maximum Gasteiger partial charge on any atom is 0.146 e. The van der Waals surface area contributed by atoms with Crippen molar-refractivity contribution in [1.29, 1.82) is 0 Å². The van der Waals surface area contributed by atoms with E-state index >= 15 is 0 Å². The third-order valence-corrected chi connectivity index (χ3v) is 3.04. The van der Waals surface area contributed by atoms with Gasteiger partial charge in [-0.25, -0.2) is 4.39 Å². The van der Waals surface area contributed by atoms with Crippen LogP contribution in [0.25, 0.3) is 10.4 Å². The quantitative estimate of drug-likeness (QED) is 0.431. The zero-order valence-electron chi connectivity index (χ0n) is 9.64. The molecule has 17 heavy (non-hydrogen) atoms. The number of hydrogen-bond donors (Lipinski definition) is 0.